The van der Waals surface area contributed by atoms with Crippen LogP contribution >= 0.6 is 23.2 Å². The molecule has 0 aliphatic rings. The molecule has 23 heavy (non-hydrogen) atoms. The van der Waals surface area contributed by atoms with Crippen molar-refractivity contribution in [2.45, 2.75) is 33.1 Å². The first kappa shape index (κ1) is 16.0. The second kappa shape index (κ2) is 5.35. The summed E-state index contributed by atoms with van der Waals surface area (Å²) < 4.78 is 1.55. The van der Waals surface area contributed by atoms with E-state index in [1.165, 1.54) is 0 Å². The highest BCUT2D eigenvalue weighted by Gasteiger charge is 2.22. The van der Waals surface area contributed by atoms with Crippen LogP contribution in [0.5, 0.6) is 5.75 Å². The van der Waals surface area contributed by atoms with Gasteiger partial charge in [-0.15, -0.1) is 9.73 Å². The predicted molar refractivity (Wildman–Crippen MR) is 91.1 cm³/mol. The average molecular weight is 351 g/mol. The fourth-order valence-corrected chi connectivity index (χ4v) is 2.92. The molecule has 1 N–H and O–H groups in total. The lowest BCUT2D eigenvalue weighted by atomic mass is 9.91. The van der Waals surface area contributed by atoms with Crippen LogP contribution in [0.2, 0.25) is 10.0 Å². The smallest absolute Gasteiger partial charge is 0.185 e. The van der Waals surface area contributed by atoms with E-state index in [4.69, 9.17) is 23.2 Å². The zero-order chi connectivity index (χ0) is 16.9. The minimum Gasteiger partial charge on any atom is -0.505 e. The summed E-state index contributed by atoms with van der Waals surface area (Å²) in [7, 11) is 0. The summed E-state index contributed by atoms with van der Waals surface area (Å²) in [6.45, 7) is 8.06. The van der Waals surface area contributed by atoms with Gasteiger partial charge in [0.1, 0.15) is 5.82 Å². The van der Waals surface area contributed by atoms with Gasteiger partial charge in [0, 0.05) is 10.6 Å². The molecule has 0 saturated carbocycles. The maximum Gasteiger partial charge on any atom is 0.185 e. The second-order valence-electron chi connectivity index (χ2n) is 6.46. The van der Waals surface area contributed by atoms with Crippen molar-refractivity contribution in [1.82, 2.24) is 19.8 Å². The topological polar surface area (TPSA) is 63.3 Å². The quantitative estimate of drug-likeness (QED) is 0.731. The summed E-state index contributed by atoms with van der Waals surface area (Å²) in [4.78, 5) is 4.45. The third kappa shape index (κ3) is 2.86. The van der Waals surface area contributed by atoms with Crippen molar-refractivity contribution in [3.05, 3.63) is 44.5 Å². The Morgan fingerprint density at radius 3 is 2.30 bits per heavy atom. The maximum atomic E-state index is 9.70. The first-order valence-corrected chi connectivity index (χ1v) is 7.86. The highest BCUT2D eigenvalue weighted by atomic mass is 35.5. The molecule has 3 aromatic rings. The van der Waals surface area contributed by atoms with Gasteiger partial charge in [0.2, 0.25) is 0 Å². The van der Waals surface area contributed by atoms with Crippen LogP contribution in [0.4, 0.5) is 0 Å². The molecule has 0 aliphatic heterocycles. The third-order valence-corrected chi connectivity index (χ3v) is 4.02. The Morgan fingerprint density at radius 1 is 1.13 bits per heavy atom. The van der Waals surface area contributed by atoms with Crippen LogP contribution in [0.15, 0.2) is 12.1 Å². The number of phenolic OH excluding ortho intramolecular Hbond substituents is 1. The number of hydrogen-bond donors (Lipinski definition) is 1. The molecular weight excluding hydrogens is 335 g/mol. The highest BCUT2D eigenvalue weighted by molar-refractivity contribution is 6.37. The molecule has 0 amide bonds. The molecule has 0 aliphatic carbocycles. The number of rotatable bonds is 1. The third-order valence-electron chi connectivity index (χ3n) is 3.45. The van der Waals surface area contributed by atoms with E-state index in [0.29, 0.717) is 11.5 Å². The van der Waals surface area contributed by atoms with Crippen LogP contribution in [-0.4, -0.2) is 24.9 Å². The number of benzene rings is 1. The van der Waals surface area contributed by atoms with Crippen LogP contribution in [0, 0.1) is 6.92 Å². The van der Waals surface area contributed by atoms with Crippen molar-refractivity contribution in [1.29, 1.82) is 0 Å². The Bertz CT molecular complexity index is 934. The number of aryl methyl sites for hydroxylation is 1. The standard InChI is InChI=1S/C16H16Cl2N4O/c1-8-19-15-10(14(16(2,3)4)21-22(15)20-8)5-9-6-11(17)13(23)12(18)7-9/h5-7,23H,1-4H3/b10-5+. The Hall–Kier alpha value is -1.85. The van der Waals surface area contributed by atoms with E-state index < -0.39 is 0 Å². The lowest BCUT2D eigenvalue weighted by Gasteiger charge is -2.14. The normalized spacial score (nSPS) is 13.2. The van der Waals surface area contributed by atoms with Crippen molar-refractivity contribution in [3.8, 4) is 5.75 Å². The van der Waals surface area contributed by atoms with Gasteiger partial charge < -0.3 is 5.11 Å². The summed E-state index contributed by atoms with van der Waals surface area (Å²) >= 11 is 12.0. The summed E-state index contributed by atoms with van der Waals surface area (Å²) in [6.07, 6.45) is 1.91. The van der Waals surface area contributed by atoms with Gasteiger partial charge in [-0.05, 0) is 30.7 Å². The molecule has 2 aromatic heterocycles. The Morgan fingerprint density at radius 2 is 1.74 bits per heavy atom. The lowest BCUT2D eigenvalue weighted by Crippen LogP contribution is -2.22. The predicted octanol–water partition coefficient (Wildman–Crippen LogP) is 3.29. The van der Waals surface area contributed by atoms with Crippen molar-refractivity contribution in [2.24, 2.45) is 0 Å². The molecule has 0 spiro atoms. The molecule has 3 rings (SSSR count). The fraction of sp³-hybridized carbons (Fsp3) is 0.312. The average Bonchev–Trinajstić information content (AvgIpc) is 2.93. The van der Waals surface area contributed by atoms with E-state index >= 15 is 0 Å². The zero-order valence-corrected chi connectivity index (χ0v) is 14.7. The minimum atomic E-state index is -0.174. The molecule has 5 nitrogen and oxygen atoms in total. The van der Waals surface area contributed by atoms with Gasteiger partial charge in [-0.3, -0.25) is 0 Å². The number of fused-ring (bicyclic) bond motifs is 1. The van der Waals surface area contributed by atoms with Crippen molar-refractivity contribution < 1.29 is 5.11 Å². The molecule has 120 valence electrons. The van der Waals surface area contributed by atoms with Crippen molar-refractivity contribution >= 4 is 34.9 Å². The van der Waals surface area contributed by atoms with E-state index in [0.717, 1.165) is 16.5 Å². The molecule has 0 fully saturated rings. The Balaban J connectivity index is 2.33. The van der Waals surface area contributed by atoms with Gasteiger partial charge in [-0.2, -0.15) is 5.10 Å². The monoisotopic (exact) mass is 350 g/mol. The van der Waals surface area contributed by atoms with Crippen LogP contribution in [0.3, 0.4) is 0 Å². The van der Waals surface area contributed by atoms with Gasteiger partial charge in [0.05, 0.1) is 15.7 Å². The maximum absolute atomic E-state index is 9.70. The summed E-state index contributed by atoms with van der Waals surface area (Å²) in [5.74, 6) is 0.537. The number of nitrogens with zero attached hydrogens (tertiary/aromatic N) is 4. The van der Waals surface area contributed by atoms with Gasteiger partial charge in [-0.1, -0.05) is 44.0 Å². The van der Waals surface area contributed by atoms with Gasteiger partial charge in [-0.25, -0.2) is 4.98 Å². The fourth-order valence-electron chi connectivity index (χ4n) is 2.42. The van der Waals surface area contributed by atoms with E-state index in [9.17, 15) is 5.11 Å². The lowest BCUT2D eigenvalue weighted by molar-refractivity contribution is 0.476. The van der Waals surface area contributed by atoms with E-state index in [1.807, 2.05) is 13.0 Å². The first-order valence-electron chi connectivity index (χ1n) is 7.10. The molecule has 0 atom stereocenters. The summed E-state index contributed by atoms with van der Waals surface area (Å²) in [6, 6.07) is 3.31. The minimum absolute atomic E-state index is 0.120. The zero-order valence-electron chi connectivity index (χ0n) is 13.2. The van der Waals surface area contributed by atoms with Crippen LogP contribution in [0.25, 0.3) is 11.7 Å². The molecule has 7 heteroatoms. The van der Waals surface area contributed by atoms with E-state index in [1.54, 1.807) is 16.8 Å². The Labute approximate surface area is 143 Å². The van der Waals surface area contributed by atoms with Gasteiger partial charge in [0.15, 0.2) is 11.4 Å². The second-order valence-corrected chi connectivity index (χ2v) is 7.28. The van der Waals surface area contributed by atoms with Gasteiger partial charge >= 0.3 is 0 Å². The number of aromatic hydroxyl groups is 1. The largest absolute Gasteiger partial charge is 0.505 e. The molecule has 0 saturated heterocycles. The van der Waals surface area contributed by atoms with Gasteiger partial charge in [0.25, 0.3) is 0 Å². The Kier molecular flexibility index (Phi) is 3.73. The van der Waals surface area contributed by atoms with Crippen LogP contribution in [-0.2, 0) is 5.41 Å². The first-order chi connectivity index (χ1) is 10.7. The van der Waals surface area contributed by atoms with E-state index in [2.05, 4.69) is 36.0 Å². The number of phenols is 1. The molecule has 0 bridgehead atoms. The highest BCUT2D eigenvalue weighted by Crippen LogP contribution is 2.33. The SMILES string of the molecule is Cc1nc2/c(=C/c3cc(Cl)c(O)c(Cl)c3)c(C(C)(C)C)nn2n1. The molecule has 0 unspecified atom stereocenters. The number of aromatic nitrogens is 4. The molecular formula is C16H16Cl2N4O. The summed E-state index contributed by atoms with van der Waals surface area (Å²) in [5.41, 5.74) is 2.16. The molecule has 1 aromatic carbocycles. The molecule has 2 heterocycles. The number of halogens is 2. The van der Waals surface area contributed by atoms with E-state index in [-0.39, 0.29) is 21.2 Å². The van der Waals surface area contributed by atoms with Crippen molar-refractivity contribution in [2.75, 3.05) is 0 Å². The van der Waals surface area contributed by atoms with Crippen LogP contribution < -0.4 is 5.22 Å². The number of hydrogen-bond acceptors (Lipinski definition) is 4. The van der Waals surface area contributed by atoms with Crippen LogP contribution in [0.1, 0.15) is 37.9 Å². The van der Waals surface area contributed by atoms with Crippen molar-refractivity contribution in [3.63, 3.8) is 0 Å². The molecule has 0 radical (unpaired) electrons. The summed E-state index contributed by atoms with van der Waals surface area (Å²) in [5, 5.41) is 19.8.